The molecule has 0 spiro atoms. The number of rotatable bonds is 7. The van der Waals surface area contributed by atoms with Gasteiger partial charge < -0.3 is 16.2 Å². The van der Waals surface area contributed by atoms with Crippen LogP contribution < -0.4 is 16.2 Å². The van der Waals surface area contributed by atoms with E-state index in [1.807, 2.05) is 6.07 Å². The number of nitrogens with two attached hydrogens (primary N) is 2. The largest absolute Gasteiger partial charge is 0.496 e. The molecular formula is C14H24N2O. The molecule has 0 amide bonds. The highest BCUT2D eigenvalue weighted by Gasteiger charge is 2.08. The molecule has 1 aromatic rings. The second-order valence-corrected chi connectivity index (χ2v) is 4.38. The Morgan fingerprint density at radius 1 is 1.24 bits per heavy atom. The van der Waals surface area contributed by atoms with Crippen LogP contribution in [0, 0.1) is 5.92 Å². The van der Waals surface area contributed by atoms with Gasteiger partial charge in [0.25, 0.3) is 0 Å². The smallest absolute Gasteiger partial charge is 0.122 e. The van der Waals surface area contributed by atoms with Crippen molar-refractivity contribution >= 4 is 0 Å². The van der Waals surface area contributed by atoms with Gasteiger partial charge in [0.2, 0.25) is 0 Å². The van der Waals surface area contributed by atoms with Gasteiger partial charge in [-0.05, 0) is 55.5 Å². The lowest BCUT2D eigenvalue weighted by Crippen LogP contribution is -2.23. The van der Waals surface area contributed by atoms with Crippen LogP contribution in [0.15, 0.2) is 18.2 Å². The van der Waals surface area contributed by atoms with Gasteiger partial charge in [-0.2, -0.15) is 0 Å². The Hall–Kier alpha value is -1.06. The monoisotopic (exact) mass is 236 g/mol. The molecule has 0 aliphatic carbocycles. The Morgan fingerprint density at radius 3 is 2.47 bits per heavy atom. The lowest BCUT2D eigenvalue weighted by Gasteiger charge is -2.14. The Kier molecular flexibility index (Phi) is 6.01. The molecule has 0 saturated carbocycles. The van der Waals surface area contributed by atoms with Gasteiger partial charge in [0.05, 0.1) is 7.11 Å². The Labute approximate surface area is 104 Å². The van der Waals surface area contributed by atoms with E-state index >= 15 is 0 Å². The third kappa shape index (κ3) is 4.02. The fourth-order valence-corrected chi connectivity index (χ4v) is 1.94. The van der Waals surface area contributed by atoms with Crippen LogP contribution in [0.25, 0.3) is 0 Å². The summed E-state index contributed by atoms with van der Waals surface area (Å²) in [6.45, 7) is 3.48. The topological polar surface area (TPSA) is 61.3 Å². The van der Waals surface area contributed by atoms with Gasteiger partial charge in [0, 0.05) is 0 Å². The molecule has 0 aliphatic rings. The van der Waals surface area contributed by atoms with Crippen LogP contribution >= 0.6 is 0 Å². The Morgan fingerprint density at radius 2 is 1.94 bits per heavy atom. The molecule has 17 heavy (non-hydrogen) atoms. The minimum atomic E-state index is 0.407. The van der Waals surface area contributed by atoms with Crippen LogP contribution in [0.2, 0.25) is 0 Å². The molecule has 0 bridgehead atoms. The molecule has 1 rings (SSSR count). The minimum Gasteiger partial charge on any atom is -0.496 e. The van der Waals surface area contributed by atoms with Crippen molar-refractivity contribution in [1.29, 1.82) is 0 Å². The SMILES string of the molecule is CCc1ccc(OC)c(CCC(CN)CN)c1. The van der Waals surface area contributed by atoms with E-state index in [4.69, 9.17) is 16.2 Å². The standard InChI is InChI=1S/C14H24N2O/c1-3-11-5-7-14(17-2)13(8-11)6-4-12(9-15)10-16/h5,7-8,12H,3-4,6,9-10,15-16H2,1-2H3. The maximum atomic E-state index is 5.66. The molecule has 96 valence electrons. The predicted molar refractivity (Wildman–Crippen MR) is 72.3 cm³/mol. The second-order valence-electron chi connectivity index (χ2n) is 4.38. The van der Waals surface area contributed by atoms with E-state index in [-0.39, 0.29) is 0 Å². The van der Waals surface area contributed by atoms with E-state index in [0.717, 1.165) is 25.0 Å². The molecule has 0 fully saturated rings. The Bertz CT molecular complexity index is 335. The molecule has 0 saturated heterocycles. The summed E-state index contributed by atoms with van der Waals surface area (Å²) in [6.07, 6.45) is 3.06. The van der Waals surface area contributed by atoms with Crippen LogP contribution in [0.4, 0.5) is 0 Å². The highest BCUT2D eigenvalue weighted by molar-refractivity contribution is 5.37. The highest BCUT2D eigenvalue weighted by atomic mass is 16.5. The van der Waals surface area contributed by atoms with Gasteiger partial charge in [-0.25, -0.2) is 0 Å². The van der Waals surface area contributed by atoms with Crippen molar-refractivity contribution in [1.82, 2.24) is 0 Å². The molecule has 1 aromatic carbocycles. The molecule has 3 heteroatoms. The fraction of sp³-hybridized carbons (Fsp3) is 0.571. The molecule has 0 unspecified atom stereocenters. The lowest BCUT2D eigenvalue weighted by atomic mass is 9.97. The lowest BCUT2D eigenvalue weighted by molar-refractivity contribution is 0.406. The summed E-state index contributed by atoms with van der Waals surface area (Å²) in [6, 6.07) is 6.39. The van der Waals surface area contributed by atoms with Crippen LogP contribution in [0.3, 0.4) is 0 Å². The van der Waals surface area contributed by atoms with Crippen molar-refractivity contribution in [3.63, 3.8) is 0 Å². The molecule has 0 radical (unpaired) electrons. The summed E-state index contributed by atoms with van der Waals surface area (Å²) >= 11 is 0. The van der Waals surface area contributed by atoms with E-state index in [1.54, 1.807) is 7.11 Å². The van der Waals surface area contributed by atoms with E-state index in [1.165, 1.54) is 11.1 Å². The first-order valence-electron chi connectivity index (χ1n) is 6.31. The number of hydrogen-bond donors (Lipinski definition) is 2. The minimum absolute atomic E-state index is 0.407. The summed E-state index contributed by atoms with van der Waals surface area (Å²) in [5, 5.41) is 0. The van der Waals surface area contributed by atoms with E-state index in [0.29, 0.717) is 19.0 Å². The van der Waals surface area contributed by atoms with Crippen LogP contribution in [-0.2, 0) is 12.8 Å². The highest BCUT2D eigenvalue weighted by Crippen LogP contribution is 2.22. The average Bonchev–Trinajstić information content (AvgIpc) is 2.39. The van der Waals surface area contributed by atoms with Crippen molar-refractivity contribution in [3.05, 3.63) is 29.3 Å². The normalized spacial score (nSPS) is 10.9. The fourth-order valence-electron chi connectivity index (χ4n) is 1.94. The summed E-state index contributed by atoms with van der Waals surface area (Å²) < 4.78 is 5.38. The first-order valence-corrected chi connectivity index (χ1v) is 6.31. The van der Waals surface area contributed by atoms with Gasteiger partial charge >= 0.3 is 0 Å². The zero-order chi connectivity index (χ0) is 12.7. The summed E-state index contributed by atoms with van der Waals surface area (Å²) in [4.78, 5) is 0. The van der Waals surface area contributed by atoms with Crippen molar-refractivity contribution in [3.8, 4) is 5.75 Å². The molecule has 0 aliphatic heterocycles. The number of hydrogen-bond acceptors (Lipinski definition) is 3. The Balaban J connectivity index is 2.73. The number of aryl methyl sites for hydroxylation is 2. The molecule has 3 nitrogen and oxygen atoms in total. The van der Waals surface area contributed by atoms with E-state index < -0.39 is 0 Å². The van der Waals surface area contributed by atoms with Crippen LogP contribution in [-0.4, -0.2) is 20.2 Å². The third-order valence-corrected chi connectivity index (χ3v) is 3.24. The average molecular weight is 236 g/mol. The first-order chi connectivity index (χ1) is 8.24. The van der Waals surface area contributed by atoms with Gasteiger partial charge in [-0.3, -0.25) is 0 Å². The van der Waals surface area contributed by atoms with Crippen molar-refractivity contribution in [2.75, 3.05) is 20.2 Å². The van der Waals surface area contributed by atoms with E-state index in [9.17, 15) is 0 Å². The molecule has 4 N–H and O–H groups in total. The molecular weight excluding hydrogens is 212 g/mol. The van der Waals surface area contributed by atoms with Crippen molar-refractivity contribution in [2.45, 2.75) is 26.2 Å². The van der Waals surface area contributed by atoms with Gasteiger partial charge in [-0.15, -0.1) is 0 Å². The van der Waals surface area contributed by atoms with Gasteiger partial charge in [-0.1, -0.05) is 19.1 Å². The molecule has 0 aromatic heterocycles. The van der Waals surface area contributed by atoms with E-state index in [2.05, 4.69) is 19.1 Å². The second kappa shape index (κ2) is 7.30. The van der Waals surface area contributed by atoms with Crippen molar-refractivity contribution in [2.24, 2.45) is 17.4 Å². The van der Waals surface area contributed by atoms with Crippen LogP contribution in [0.1, 0.15) is 24.5 Å². The van der Waals surface area contributed by atoms with Gasteiger partial charge in [0.15, 0.2) is 0 Å². The maximum Gasteiger partial charge on any atom is 0.122 e. The molecule has 0 atom stereocenters. The summed E-state index contributed by atoms with van der Waals surface area (Å²) in [5.74, 6) is 1.37. The first kappa shape index (κ1) is 14.0. The van der Waals surface area contributed by atoms with Crippen molar-refractivity contribution < 1.29 is 4.74 Å². The zero-order valence-corrected chi connectivity index (χ0v) is 10.9. The summed E-state index contributed by atoms with van der Waals surface area (Å²) in [7, 11) is 1.72. The van der Waals surface area contributed by atoms with Gasteiger partial charge in [0.1, 0.15) is 5.75 Å². The molecule has 0 heterocycles. The number of benzene rings is 1. The number of methoxy groups -OCH3 is 1. The summed E-state index contributed by atoms with van der Waals surface area (Å²) in [5.41, 5.74) is 13.9. The zero-order valence-electron chi connectivity index (χ0n) is 10.9. The van der Waals surface area contributed by atoms with Crippen LogP contribution in [0.5, 0.6) is 5.75 Å². The maximum absolute atomic E-state index is 5.66. The number of ether oxygens (including phenoxy) is 1. The quantitative estimate of drug-likeness (QED) is 0.758. The predicted octanol–water partition coefficient (Wildman–Crippen LogP) is 1.72. The third-order valence-electron chi connectivity index (χ3n) is 3.24.